The van der Waals surface area contributed by atoms with Gasteiger partial charge in [0.2, 0.25) is 5.82 Å². The van der Waals surface area contributed by atoms with E-state index >= 15 is 0 Å². The lowest BCUT2D eigenvalue weighted by molar-refractivity contribution is -0.119. The number of hydrogen-bond donors (Lipinski definition) is 1. The van der Waals surface area contributed by atoms with Crippen LogP contribution in [0.25, 0.3) is 22.8 Å². The van der Waals surface area contributed by atoms with Gasteiger partial charge in [-0.05, 0) is 19.1 Å². The summed E-state index contributed by atoms with van der Waals surface area (Å²) in [5.74, 6) is 0.724. The molecule has 2 N–H and O–H groups in total. The molecule has 0 radical (unpaired) electrons. The fraction of sp³-hybridized carbons (Fsp3) is 0.118. The second-order valence-corrected chi connectivity index (χ2v) is 5.04. The monoisotopic (exact) mass is 309 g/mol. The predicted molar refractivity (Wildman–Crippen MR) is 84.6 cm³/mol. The van der Waals surface area contributed by atoms with Gasteiger partial charge in [-0.25, -0.2) is 0 Å². The van der Waals surface area contributed by atoms with Crippen LogP contribution in [0.3, 0.4) is 0 Å². The number of amides is 1. The van der Waals surface area contributed by atoms with Gasteiger partial charge in [0, 0.05) is 5.56 Å². The first-order valence-electron chi connectivity index (χ1n) is 7.05. The molecule has 3 aromatic rings. The summed E-state index contributed by atoms with van der Waals surface area (Å²) >= 11 is 0. The van der Waals surface area contributed by atoms with Crippen molar-refractivity contribution < 1.29 is 14.1 Å². The summed E-state index contributed by atoms with van der Waals surface area (Å²) in [4.78, 5) is 15.3. The van der Waals surface area contributed by atoms with Crippen LogP contribution in [-0.4, -0.2) is 22.7 Å². The molecule has 3 rings (SSSR count). The van der Waals surface area contributed by atoms with Crippen molar-refractivity contribution >= 4 is 5.91 Å². The van der Waals surface area contributed by atoms with Crippen LogP contribution in [0, 0.1) is 6.92 Å². The zero-order valence-corrected chi connectivity index (χ0v) is 12.5. The van der Waals surface area contributed by atoms with Crippen LogP contribution < -0.4 is 10.5 Å². The molecule has 0 bridgehead atoms. The zero-order chi connectivity index (χ0) is 16.2. The van der Waals surface area contributed by atoms with Gasteiger partial charge >= 0.3 is 0 Å². The van der Waals surface area contributed by atoms with Crippen LogP contribution in [0.1, 0.15) is 5.56 Å². The summed E-state index contributed by atoms with van der Waals surface area (Å²) in [6.07, 6.45) is 0. The molecular formula is C17H15N3O3. The number of nitrogens with two attached hydrogens (primary N) is 1. The molecule has 1 heterocycles. The Labute approximate surface area is 132 Å². The van der Waals surface area contributed by atoms with Crippen molar-refractivity contribution in [1.82, 2.24) is 10.1 Å². The molecule has 0 saturated carbocycles. The van der Waals surface area contributed by atoms with Gasteiger partial charge in [-0.2, -0.15) is 4.98 Å². The van der Waals surface area contributed by atoms with Crippen molar-refractivity contribution in [2.45, 2.75) is 6.92 Å². The molecule has 23 heavy (non-hydrogen) atoms. The smallest absolute Gasteiger partial charge is 0.262 e. The molecular weight excluding hydrogens is 294 g/mol. The van der Waals surface area contributed by atoms with Crippen LogP contribution in [0.2, 0.25) is 0 Å². The molecule has 6 heteroatoms. The number of aryl methyl sites for hydroxylation is 1. The average molecular weight is 309 g/mol. The van der Waals surface area contributed by atoms with Gasteiger partial charge in [0.05, 0.1) is 5.56 Å². The van der Waals surface area contributed by atoms with E-state index in [0.717, 1.165) is 11.1 Å². The van der Waals surface area contributed by atoms with Crippen LogP contribution in [0.5, 0.6) is 5.75 Å². The lowest BCUT2D eigenvalue weighted by atomic mass is 10.1. The van der Waals surface area contributed by atoms with Gasteiger partial charge in [-0.3, -0.25) is 4.79 Å². The number of aromatic nitrogens is 2. The minimum Gasteiger partial charge on any atom is -0.483 e. The molecule has 0 atom stereocenters. The molecule has 0 aliphatic carbocycles. The quantitative estimate of drug-likeness (QED) is 0.782. The number of para-hydroxylation sites is 1. The number of nitrogens with zero attached hydrogens (tertiary/aromatic N) is 2. The van der Waals surface area contributed by atoms with E-state index in [4.69, 9.17) is 15.0 Å². The molecule has 0 spiro atoms. The fourth-order valence-electron chi connectivity index (χ4n) is 2.07. The Balaban J connectivity index is 1.91. The Morgan fingerprint density at radius 1 is 1.17 bits per heavy atom. The van der Waals surface area contributed by atoms with Crippen LogP contribution in [0.4, 0.5) is 0 Å². The van der Waals surface area contributed by atoms with E-state index in [2.05, 4.69) is 10.1 Å². The van der Waals surface area contributed by atoms with E-state index in [1.54, 1.807) is 18.2 Å². The first kappa shape index (κ1) is 14.8. The molecule has 0 saturated heterocycles. The molecule has 1 aromatic heterocycles. The Bertz CT molecular complexity index is 825. The molecule has 1 amide bonds. The second kappa shape index (κ2) is 6.31. The largest absolute Gasteiger partial charge is 0.483 e. The van der Waals surface area contributed by atoms with Gasteiger partial charge in [0.15, 0.2) is 6.61 Å². The number of primary amides is 1. The highest BCUT2D eigenvalue weighted by molar-refractivity contribution is 5.76. The maximum Gasteiger partial charge on any atom is 0.262 e. The maximum atomic E-state index is 10.9. The molecule has 6 nitrogen and oxygen atoms in total. The predicted octanol–water partition coefficient (Wildman–Crippen LogP) is 2.58. The molecule has 2 aromatic carbocycles. The van der Waals surface area contributed by atoms with E-state index in [0.29, 0.717) is 23.0 Å². The average Bonchev–Trinajstić information content (AvgIpc) is 3.03. The minimum absolute atomic E-state index is 0.212. The van der Waals surface area contributed by atoms with Gasteiger partial charge in [-0.1, -0.05) is 47.1 Å². The van der Waals surface area contributed by atoms with Crippen molar-refractivity contribution in [3.8, 4) is 28.6 Å². The summed E-state index contributed by atoms with van der Waals surface area (Å²) in [7, 11) is 0. The van der Waals surface area contributed by atoms with Crippen LogP contribution >= 0.6 is 0 Å². The van der Waals surface area contributed by atoms with E-state index in [-0.39, 0.29) is 6.61 Å². The number of hydrogen-bond acceptors (Lipinski definition) is 5. The molecule has 0 fully saturated rings. The highest BCUT2D eigenvalue weighted by Crippen LogP contribution is 2.30. The van der Waals surface area contributed by atoms with E-state index < -0.39 is 5.91 Å². The maximum absolute atomic E-state index is 10.9. The third-order valence-electron chi connectivity index (χ3n) is 3.22. The normalized spacial score (nSPS) is 10.5. The minimum atomic E-state index is -0.550. The summed E-state index contributed by atoms with van der Waals surface area (Å²) in [5.41, 5.74) is 7.73. The number of rotatable bonds is 5. The van der Waals surface area contributed by atoms with Gasteiger partial charge in [0.25, 0.3) is 11.8 Å². The number of benzene rings is 2. The van der Waals surface area contributed by atoms with Crippen molar-refractivity contribution in [2.75, 3.05) is 6.61 Å². The summed E-state index contributed by atoms with van der Waals surface area (Å²) < 4.78 is 10.7. The lowest BCUT2D eigenvalue weighted by Crippen LogP contribution is -2.20. The summed E-state index contributed by atoms with van der Waals surface area (Å²) in [5, 5.41) is 4.00. The van der Waals surface area contributed by atoms with E-state index in [1.807, 2.05) is 37.3 Å². The van der Waals surface area contributed by atoms with Crippen molar-refractivity contribution in [2.24, 2.45) is 5.73 Å². The SMILES string of the molecule is Cc1ccc(-c2noc(-c3ccccc3OCC(N)=O)n2)cc1. The van der Waals surface area contributed by atoms with Crippen molar-refractivity contribution in [3.05, 3.63) is 54.1 Å². The Hall–Kier alpha value is -3.15. The number of carbonyl (C=O) groups excluding carboxylic acids is 1. The van der Waals surface area contributed by atoms with Gasteiger partial charge in [-0.15, -0.1) is 0 Å². The third kappa shape index (κ3) is 3.37. The topological polar surface area (TPSA) is 91.2 Å². The summed E-state index contributed by atoms with van der Waals surface area (Å²) in [6, 6.07) is 14.9. The summed E-state index contributed by atoms with van der Waals surface area (Å²) in [6.45, 7) is 1.80. The molecule has 116 valence electrons. The Morgan fingerprint density at radius 3 is 2.65 bits per heavy atom. The highest BCUT2D eigenvalue weighted by Gasteiger charge is 2.15. The lowest BCUT2D eigenvalue weighted by Gasteiger charge is -2.06. The fourth-order valence-corrected chi connectivity index (χ4v) is 2.07. The van der Waals surface area contributed by atoms with Gasteiger partial charge < -0.3 is 15.0 Å². The molecule has 0 aliphatic rings. The Kier molecular flexibility index (Phi) is 4.05. The molecule has 0 aliphatic heterocycles. The third-order valence-corrected chi connectivity index (χ3v) is 3.22. The van der Waals surface area contributed by atoms with Crippen LogP contribution in [0.15, 0.2) is 53.1 Å². The second-order valence-electron chi connectivity index (χ2n) is 5.04. The van der Waals surface area contributed by atoms with Crippen molar-refractivity contribution in [3.63, 3.8) is 0 Å². The van der Waals surface area contributed by atoms with Gasteiger partial charge in [0.1, 0.15) is 5.75 Å². The van der Waals surface area contributed by atoms with E-state index in [1.165, 1.54) is 0 Å². The first-order valence-corrected chi connectivity index (χ1v) is 7.05. The number of carbonyl (C=O) groups is 1. The van der Waals surface area contributed by atoms with E-state index in [9.17, 15) is 4.79 Å². The Morgan fingerprint density at radius 2 is 1.91 bits per heavy atom. The highest BCUT2D eigenvalue weighted by atomic mass is 16.5. The molecule has 0 unspecified atom stereocenters. The van der Waals surface area contributed by atoms with Crippen molar-refractivity contribution in [1.29, 1.82) is 0 Å². The standard InChI is InChI=1S/C17H15N3O3/c1-11-6-8-12(9-7-11)16-19-17(23-20-16)13-4-2-3-5-14(13)22-10-15(18)21/h2-9H,10H2,1H3,(H2,18,21). The first-order chi connectivity index (χ1) is 11.1. The number of ether oxygens (including phenoxy) is 1. The zero-order valence-electron chi connectivity index (χ0n) is 12.5. The van der Waals surface area contributed by atoms with Crippen LogP contribution in [-0.2, 0) is 4.79 Å².